The van der Waals surface area contributed by atoms with Gasteiger partial charge in [-0.25, -0.2) is 0 Å². The molecule has 0 rings (SSSR count). The van der Waals surface area contributed by atoms with Gasteiger partial charge in [0.05, 0.1) is 0 Å². The van der Waals surface area contributed by atoms with Crippen LogP contribution in [-0.2, 0) is 0 Å². The van der Waals surface area contributed by atoms with Crippen molar-refractivity contribution in [2.24, 2.45) is 5.92 Å². The quantitative estimate of drug-likeness (QED) is 0.0472. The van der Waals surface area contributed by atoms with Gasteiger partial charge in [-0.15, -0.1) is 0 Å². The second-order valence-corrected chi connectivity index (χ2v) is 12.0. The minimum atomic E-state index is 1.01. The summed E-state index contributed by atoms with van der Waals surface area (Å²) in [7, 11) is 0. The van der Waals surface area contributed by atoms with Gasteiger partial charge < -0.3 is 0 Å². The Morgan fingerprint density at radius 2 is 0.545 bits per heavy atom. The third-order valence-electron chi connectivity index (χ3n) is 7.65. The fraction of sp³-hybridized carbons (Fsp3) is 1.00. The number of hydrogen-bond donors (Lipinski definition) is 0. The molecule has 0 amide bonds. The molecular weight excluding hydrogens is 511 g/mol. The van der Waals surface area contributed by atoms with Gasteiger partial charge >= 0.3 is 0 Å². The van der Waals surface area contributed by atoms with E-state index in [1.54, 1.807) is 0 Å². The molecule has 0 spiro atoms. The van der Waals surface area contributed by atoms with E-state index in [9.17, 15) is 0 Å². The summed E-state index contributed by atoms with van der Waals surface area (Å²) in [5, 5.41) is 0. The lowest BCUT2D eigenvalue weighted by molar-refractivity contribution is 0.439. The van der Waals surface area contributed by atoms with E-state index in [0.29, 0.717) is 0 Å². The largest absolute Gasteiger partial charge is 0.0861 e. The first-order valence-corrected chi connectivity index (χ1v) is 17.4. The fourth-order valence-corrected chi connectivity index (χ4v) is 6.08. The molecule has 1 atom stereocenters. The molecule has 1 unspecified atom stereocenters. The maximum absolute atomic E-state index is 2.64. The minimum Gasteiger partial charge on any atom is -0.0861 e. The van der Waals surface area contributed by atoms with Crippen molar-refractivity contribution in [3.05, 3.63) is 0 Å². The highest BCUT2D eigenvalue weighted by molar-refractivity contribution is 14.1. The predicted octanol–water partition coefficient (Wildman–Crippen LogP) is 13.0. The number of unbranched alkanes of at least 4 members (excludes halogenated alkanes) is 24. The van der Waals surface area contributed by atoms with Crippen LogP contribution in [0.4, 0.5) is 0 Å². The van der Waals surface area contributed by atoms with Crippen LogP contribution in [0.3, 0.4) is 0 Å². The van der Waals surface area contributed by atoms with Crippen LogP contribution in [0.2, 0.25) is 0 Å². The van der Waals surface area contributed by atoms with Gasteiger partial charge in [-0.1, -0.05) is 203 Å². The Morgan fingerprint density at radius 1 is 0.333 bits per heavy atom. The lowest BCUT2D eigenvalue weighted by Gasteiger charge is -2.13. The van der Waals surface area contributed by atoms with Crippen molar-refractivity contribution in [2.45, 2.75) is 194 Å². The molecule has 0 nitrogen and oxygen atoms in total. The molecule has 0 aliphatic rings. The van der Waals surface area contributed by atoms with E-state index >= 15 is 0 Å². The maximum Gasteiger partial charge on any atom is 0.00237 e. The van der Waals surface area contributed by atoms with Gasteiger partial charge in [0.25, 0.3) is 0 Å². The Balaban J connectivity index is 3.26. The lowest BCUT2D eigenvalue weighted by atomic mass is 9.95. The van der Waals surface area contributed by atoms with Crippen molar-refractivity contribution in [2.75, 3.05) is 4.43 Å². The molecule has 0 N–H and O–H groups in total. The van der Waals surface area contributed by atoms with E-state index in [1.165, 1.54) is 184 Å². The molecule has 33 heavy (non-hydrogen) atoms. The van der Waals surface area contributed by atoms with Gasteiger partial charge in [0.1, 0.15) is 0 Å². The Morgan fingerprint density at radius 3 is 0.758 bits per heavy atom. The third kappa shape index (κ3) is 28.9. The van der Waals surface area contributed by atoms with Gasteiger partial charge in [0.15, 0.2) is 0 Å². The molecule has 0 aromatic heterocycles. The summed E-state index contributed by atoms with van der Waals surface area (Å²) in [6, 6.07) is 0. The monoisotopic (exact) mass is 576 g/mol. The first kappa shape index (κ1) is 33.7. The number of alkyl halides is 1. The highest BCUT2D eigenvalue weighted by Gasteiger charge is 2.06. The molecule has 1 heteroatoms. The molecule has 200 valence electrons. The molecule has 0 aliphatic carbocycles. The molecule has 0 aliphatic heterocycles. The predicted molar refractivity (Wildman–Crippen MR) is 163 cm³/mol. The minimum absolute atomic E-state index is 1.01. The average molecular weight is 577 g/mol. The third-order valence-corrected chi connectivity index (χ3v) is 8.90. The highest BCUT2D eigenvalue weighted by atomic mass is 127. The number of hydrogen-bond acceptors (Lipinski definition) is 0. The fourth-order valence-electron chi connectivity index (χ4n) is 5.20. The van der Waals surface area contributed by atoms with Crippen LogP contribution in [0.15, 0.2) is 0 Å². The summed E-state index contributed by atoms with van der Waals surface area (Å²) in [4.78, 5) is 0. The van der Waals surface area contributed by atoms with E-state index in [1.807, 2.05) is 0 Å². The summed E-state index contributed by atoms with van der Waals surface area (Å²) in [6.45, 7) is 4.62. The second-order valence-electron chi connectivity index (χ2n) is 11.1. The zero-order valence-electron chi connectivity index (χ0n) is 23.5. The number of rotatable bonds is 29. The van der Waals surface area contributed by atoms with Crippen LogP contribution in [0.1, 0.15) is 194 Å². The van der Waals surface area contributed by atoms with Crippen LogP contribution in [0.5, 0.6) is 0 Å². The van der Waals surface area contributed by atoms with Gasteiger partial charge in [-0.3, -0.25) is 0 Å². The summed E-state index contributed by atoms with van der Waals surface area (Å²) in [5.41, 5.74) is 0. The summed E-state index contributed by atoms with van der Waals surface area (Å²) >= 11 is 2.64. The Kier molecular flexibility index (Phi) is 31.4. The summed E-state index contributed by atoms with van der Waals surface area (Å²) in [6.07, 6.45) is 41.3. The Hall–Kier alpha value is 0.730. The van der Waals surface area contributed by atoms with Crippen molar-refractivity contribution in [3.8, 4) is 0 Å². The lowest BCUT2D eigenvalue weighted by Crippen LogP contribution is -2.02. The first-order chi connectivity index (χ1) is 16.3. The van der Waals surface area contributed by atoms with Crippen LogP contribution in [0.25, 0.3) is 0 Å². The van der Waals surface area contributed by atoms with Crippen molar-refractivity contribution < 1.29 is 0 Å². The maximum atomic E-state index is 2.64. The van der Waals surface area contributed by atoms with Crippen molar-refractivity contribution in [1.82, 2.24) is 0 Å². The van der Waals surface area contributed by atoms with E-state index in [4.69, 9.17) is 0 Å². The molecule has 0 heterocycles. The molecule has 0 aromatic rings. The summed E-state index contributed by atoms with van der Waals surface area (Å²) < 4.78 is 1.38. The van der Waals surface area contributed by atoms with Gasteiger partial charge in [0, 0.05) is 4.43 Å². The average Bonchev–Trinajstić information content (AvgIpc) is 2.83. The summed E-state index contributed by atoms with van der Waals surface area (Å²) in [5.74, 6) is 1.01. The van der Waals surface area contributed by atoms with Crippen LogP contribution in [-0.4, -0.2) is 4.43 Å². The van der Waals surface area contributed by atoms with Gasteiger partial charge in [-0.05, 0) is 18.8 Å². The molecule has 0 radical (unpaired) electrons. The van der Waals surface area contributed by atoms with Gasteiger partial charge in [-0.2, -0.15) is 0 Å². The molecule has 0 fully saturated rings. The van der Waals surface area contributed by atoms with Crippen molar-refractivity contribution in [1.29, 1.82) is 0 Å². The zero-order valence-corrected chi connectivity index (χ0v) is 25.6. The Bertz CT molecular complexity index is 326. The smallest absolute Gasteiger partial charge is 0.00237 e. The normalized spacial score (nSPS) is 12.5. The highest BCUT2D eigenvalue weighted by Crippen LogP contribution is 2.21. The van der Waals surface area contributed by atoms with E-state index in [-0.39, 0.29) is 0 Å². The van der Waals surface area contributed by atoms with E-state index < -0.39 is 0 Å². The zero-order chi connectivity index (χ0) is 24.1. The van der Waals surface area contributed by atoms with Crippen LogP contribution >= 0.6 is 22.6 Å². The standard InChI is InChI=1S/C32H65I/c1-3-5-7-9-11-13-15-17-18-20-22-24-26-28-30-32(31-33)29-27-25-23-21-19-16-14-12-10-8-6-4-2/h32H,3-31H2,1-2H3. The van der Waals surface area contributed by atoms with Gasteiger partial charge in [0.2, 0.25) is 0 Å². The molecule has 0 saturated carbocycles. The topological polar surface area (TPSA) is 0 Å². The molecular formula is C32H65I. The van der Waals surface area contributed by atoms with Crippen LogP contribution < -0.4 is 0 Å². The number of halogens is 1. The second kappa shape index (κ2) is 30.8. The van der Waals surface area contributed by atoms with E-state index in [0.717, 1.165) is 5.92 Å². The molecule has 0 saturated heterocycles. The SMILES string of the molecule is CCCCCCCCCCCCCCCCC(CI)CCCCCCCCCCCCCC. The van der Waals surface area contributed by atoms with Crippen LogP contribution in [0, 0.1) is 5.92 Å². The molecule has 0 bridgehead atoms. The van der Waals surface area contributed by atoms with Crippen molar-refractivity contribution >= 4 is 22.6 Å². The Labute approximate surface area is 225 Å². The van der Waals surface area contributed by atoms with Crippen molar-refractivity contribution in [3.63, 3.8) is 0 Å². The van der Waals surface area contributed by atoms with E-state index in [2.05, 4.69) is 36.4 Å². The first-order valence-electron chi connectivity index (χ1n) is 15.9. The molecule has 0 aromatic carbocycles.